The Morgan fingerprint density at radius 1 is 1.05 bits per heavy atom. The van der Waals surface area contributed by atoms with Gasteiger partial charge in [0.1, 0.15) is 18.6 Å². The Kier molecular flexibility index (Phi) is 9.14. The molecule has 1 unspecified atom stereocenters. The third kappa shape index (κ3) is 6.80. The van der Waals surface area contributed by atoms with E-state index in [1.54, 1.807) is 6.08 Å². The summed E-state index contributed by atoms with van der Waals surface area (Å²) < 4.78 is 19.7. The molecule has 2 atom stereocenters. The van der Waals surface area contributed by atoms with Gasteiger partial charge < -0.3 is 24.3 Å². The van der Waals surface area contributed by atoms with Crippen molar-refractivity contribution < 1.29 is 13.9 Å². The number of likely N-dealkylation sites (tertiary alicyclic amines) is 2. The average molecular weight is 592 g/mol. The number of aromatic nitrogens is 2. The number of hydrogen-bond acceptors (Lipinski definition) is 8. The first-order valence-electron chi connectivity index (χ1n) is 16.0. The van der Waals surface area contributed by atoms with E-state index in [0.29, 0.717) is 64.3 Å². The Bertz CT molecular complexity index is 1330. The fraction of sp³-hybridized carbons (Fsp3) is 0.606. The predicted molar refractivity (Wildman–Crippen MR) is 168 cm³/mol. The number of carbonyl (C=O) groups excluding carboxylic acids is 1. The molecule has 3 saturated heterocycles. The topological polar surface area (TPSA) is 68.3 Å². The van der Waals surface area contributed by atoms with E-state index in [1.807, 2.05) is 11.0 Å². The van der Waals surface area contributed by atoms with E-state index >= 15 is 0 Å². The molecule has 5 heterocycles. The molecular formula is C33H46FN7O2. The monoisotopic (exact) mass is 591 g/mol. The van der Waals surface area contributed by atoms with Crippen molar-refractivity contribution in [2.45, 2.75) is 58.3 Å². The molecule has 2 aromatic rings. The van der Waals surface area contributed by atoms with Crippen LogP contribution in [-0.2, 0) is 17.8 Å². The lowest BCUT2D eigenvalue weighted by Gasteiger charge is -2.38. The maximum atomic E-state index is 13.4. The summed E-state index contributed by atoms with van der Waals surface area (Å²) in [6.45, 7) is 12.2. The number of piperazine rings is 1. The highest BCUT2D eigenvalue weighted by Crippen LogP contribution is 2.33. The summed E-state index contributed by atoms with van der Waals surface area (Å²) >= 11 is 0. The normalized spacial score (nSPS) is 23.4. The first-order chi connectivity index (χ1) is 20.9. The molecule has 0 radical (unpaired) electrons. The Morgan fingerprint density at radius 3 is 2.63 bits per heavy atom. The minimum absolute atomic E-state index is 0.0224. The first-order valence-corrected chi connectivity index (χ1v) is 16.0. The van der Waals surface area contributed by atoms with E-state index in [0.717, 1.165) is 50.5 Å². The van der Waals surface area contributed by atoms with Gasteiger partial charge in [-0.25, -0.2) is 4.39 Å². The molecule has 0 spiro atoms. The SMILES string of the molecule is Cc1cccc(N2CCc3c(nc(OC[C@@H]4CCCN4C)nc3N3CCN(C(=O)/C=C/CN4CCC(F)C4)CC3)C2)c1C. The maximum Gasteiger partial charge on any atom is 0.318 e. The standard InChI is InChI=1S/C33H46FN7O2/c1-24-7-4-9-30(25(24)2)41-16-12-28-29(22-41)35-33(43-23-27-8-5-13-37(27)3)36-32(28)40-19-17-39(18-20-40)31(42)10-6-14-38-15-11-26(34)21-38/h4,6-7,9-10,26-27H,5,8,11-23H2,1-3H3/b10-6+/t26?,27-/m0/s1. The van der Waals surface area contributed by atoms with E-state index in [1.165, 1.54) is 28.8 Å². The van der Waals surface area contributed by atoms with Gasteiger partial charge in [-0.15, -0.1) is 0 Å². The van der Waals surface area contributed by atoms with Crippen molar-refractivity contribution >= 4 is 17.4 Å². The lowest BCUT2D eigenvalue weighted by molar-refractivity contribution is -0.126. The van der Waals surface area contributed by atoms with E-state index in [9.17, 15) is 9.18 Å². The number of hydrogen-bond donors (Lipinski definition) is 0. The Hall–Kier alpha value is -3.24. The largest absolute Gasteiger partial charge is 0.462 e. The number of alkyl halides is 1. The van der Waals surface area contributed by atoms with Gasteiger partial charge in [-0.2, -0.15) is 9.97 Å². The molecule has 9 nitrogen and oxygen atoms in total. The third-order valence-corrected chi connectivity index (χ3v) is 9.75. The van der Waals surface area contributed by atoms with Crippen molar-refractivity contribution in [2.24, 2.45) is 0 Å². The molecule has 0 bridgehead atoms. The second-order valence-corrected chi connectivity index (χ2v) is 12.6. The smallest absolute Gasteiger partial charge is 0.318 e. The van der Waals surface area contributed by atoms with E-state index in [-0.39, 0.29) is 5.91 Å². The number of nitrogens with zero attached hydrogens (tertiary/aromatic N) is 7. The van der Waals surface area contributed by atoms with E-state index < -0.39 is 6.17 Å². The minimum atomic E-state index is -0.741. The number of aryl methyl sites for hydroxylation is 1. The molecule has 3 fully saturated rings. The zero-order valence-corrected chi connectivity index (χ0v) is 26.0. The molecule has 4 aliphatic heterocycles. The highest BCUT2D eigenvalue weighted by atomic mass is 19.1. The van der Waals surface area contributed by atoms with Crippen LogP contribution in [0.15, 0.2) is 30.4 Å². The molecule has 1 aromatic heterocycles. The van der Waals surface area contributed by atoms with Gasteiger partial charge in [0.25, 0.3) is 0 Å². The van der Waals surface area contributed by atoms with Crippen molar-refractivity contribution in [1.29, 1.82) is 0 Å². The van der Waals surface area contributed by atoms with Gasteiger partial charge in [-0.3, -0.25) is 9.69 Å². The third-order valence-electron chi connectivity index (χ3n) is 9.75. The van der Waals surface area contributed by atoms with Gasteiger partial charge in [-0.1, -0.05) is 18.2 Å². The highest BCUT2D eigenvalue weighted by Gasteiger charge is 2.30. The average Bonchev–Trinajstić information content (AvgIpc) is 3.63. The summed E-state index contributed by atoms with van der Waals surface area (Å²) in [6, 6.07) is 7.34. The second-order valence-electron chi connectivity index (χ2n) is 12.6. The summed E-state index contributed by atoms with van der Waals surface area (Å²) in [5, 5.41) is 0. The van der Waals surface area contributed by atoms with E-state index in [4.69, 9.17) is 14.7 Å². The number of likely N-dealkylation sites (N-methyl/N-ethyl adjacent to an activating group) is 1. The number of anilines is 2. The molecule has 4 aliphatic rings. The summed E-state index contributed by atoms with van der Waals surface area (Å²) in [4.78, 5) is 33.9. The summed E-state index contributed by atoms with van der Waals surface area (Å²) in [6.07, 6.45) is 6.57. The number of benzene rings is 1. The van der Waals surface area contributed by atoms with Crippen LogP contribution in [0, 0.1) is 13.8 Å². The van der Waals surface area contributed by atoms with Gasteiger partial charge >= 0.3 is 6.01 Å². The van der Waals surface area contributed by atoms with Crippen LogP contribution >= 0.6 is 0 Å². The number of amides is 1. The van der Waals surface area contributed by atoms with Crippen LogP contribution in [0.2, 0.25) is 0 Å². The molecule has 0 aliphatic carbocycles. The fourth-order valence-electron chi connectivity index (χ4n) is 6.86. The molecule has 232 valence electrons. The minimum Gasteiger partial charge on any atom is -0.462 e. The molecule has 0 N–H and O–H groups in total. The molecule has 1 aromatic carbocycles. The quantitative estimate of drug-likeness (QED) is 0.433. The second kappa shape index (κ2) is 13.2. The van der Waals surface area contributed by atoms with Crippen LogP contribution in [0.25, 0.3) is 0 Å². The summed E-state index contributed by atoms with van der Waals surface area (Å²) in [5.74, 6) is 0.979. The van der Waals surface area contributed by atoms with E-state index in [2.05, 4.69) is 58.7 Å². The van der Waals surface area contributed by atoms with Crippen LogP contribution in [0.5, 0.6) is 6.01 Å². The highest BCUT2D eigenvalue weighted by molar-refractivity contribution is 5.87. The number of ether oxygens (including phenoxy) is 1. The summed E-state index contributed by atoms with van der Waals surface area (Å²) in [5.41, 5.74) is 6.09. The Labute approximate surface area is 255 Å². The summed E-state index contributed by atoms with van der Waals surface area (Å²) in [7, 11) is 2.16. The van der Waals surface area contributed by atoms with Crippen molar-refractivity contribution in [2.75, 3.05) is 82.4 Å². The zero-order chi connectivity index (χ0) is 29.9. The van der Waals surface area contributed by atoms with Crippen molar-refractivity contribution in [3.63, 3.8) is 0 Å². The van der Waals surface area contributed by atoms with Gasteiger partial charge in [0.2, 0.25) is 5.91 Å². The zero-order valence-electron chi connectivity index (χ0n) is 26.0. The number of rotatable bonds is 8. The fourth-order valence-corrected chi connectivity index (χ4v) is 6.86. The van der Waals surface area contributed by atoms with Crippen LogP contribution in [0.4, 0.5) is 15.9 Å². The molecule has 10 heteroatoms. The molecular weight excluding hydrogens is 545 g/mol. The number of fused-ring (bicyclic) bond motifs is 1. The lowest BCUT2D eigenvalue weighted by Crippen LogP contribution is -2.49. The lowest BCUT2D eigenvalue weighted by atomic mass is 10.0. The van der Waals surface area contributed by atoms with Crippen LogP contribution in [0.1, 0.15) is 41.6 Å². The van der Waals surface area contributed by atoms with Gasteiger partial charge in [-0.05, 0) is 70.3 Å². The number of carbonyl (C=O) groups is 1. The molecule has 6 rings (SSSR count). The van der Waals surface area contributed by atoms with Crippen LogP contribution in [-0.4, -0.2) is 115 Å². The van der Waals surface area contributed by atoms with Gasteiger partial charge in [0.05, 0.1) is 12.2 Å². The maximum absolute atomic E-state index is 13.4. The van der Waals surface area contributed by atoms with Crippen molar-refractivity contribution in [1.82, 2.24) is 24.7 Å². The van der Waals surface area contributed by atoms with Crippen molar-refractivity contribution in [3.8, 4) is 6.01 Å². The first kappa shape index (κ1) is 29.8. The van der Waals surface area contributed by atoms with Crippen LogP contribution in [0.3, 0.4) is 0 Å². The van der Waals surface area contributed by atoms with Gasteiger partial charge in [0, 0.05) is 75.7 Å². The Balaban J connectivity index is 1.16. The molecule has 0 saturated carbocycles. The molecule has 43 heavy (non-hydrogen) atoms. The Morgan fingerprint density at radius 2 is 1.88 bits per heavy atom. The van der Waals surface area contributed by atoms with Crippen molar-refractivity contribution in [3.05, 3.63) is 52.7 Å². The van der Waals surface area contributed by atoms with Crippen LogP contribution < -0.4 is 14.5 Å². The molecule has 1 amide bonds. The predicted octanol–water partition coefficient (Wildman–Crippen LogP) is 3.38. The number of halogens is 1. The van der Waals surface area contributed by atoms with Gasteiger partial charge in [0.15, 0.2) is 0 Å².